The molecule has 6 heteroatoms. The van der Waals surface area contributed by atoms with Crippen LogP contribution in [0.5, 0.6) is 0 Å². The molecule has 0 unspecified atom stereocenters. The van der Waals surface area contributed by atoms with E-state index in [1.54, 1.807) is 13.8 Å². The molecule has 0 atom stereocenters. The summed E-state index contributed by atoms with van der Waals surface area (Å²) in [6, 6.07) is 0. The van der Waals surface area contributed by atoms with Gasteiger partial charge < -0.3 is 20.0 Å². The van der Waals surface area contributed by atoms with Crippen molar-refractivity contribution >= 4 is 11.9 Å². The Labute approximate surface area is 147 Å². The van der Waals surface area contributed by atoms with Gasteiger partial charge in [0.2, 0.25) is 0 Å². The van der Waals surface area contributed by atoms with Gasteiger partial charge in [-0.25, -0.2) is 4.79 Å². The molecule has 0 aromatic rings. The summed E-state index contributed by atoms with van der Waals surface area (Å²) >= 11 is 0. The Morgan fingerprint density at radius 3 is 2.52 bits per heavy atom. The van der Waals surface area contributed by atoms with Gasteiger partial charge in [-0.1, -0.05) is 17.7 Å². The number of esters is 1. The van der Waals surface area contributed by atoms with E-state index in [9.17, 15) is 14.7 Å². The van der Waals surface area contributed by atoms with Crippen LogP contribution >= 0.6 is 0 Å². The van der Waals surface area contributed by atoms with Crippen LogP contribution in [0, 0.1) is 0 Å². The molecule has 21 heavy (non-hydrogen) atoms. The molecule has 0 aliphatic heterocycles. The first-order valence-corrected chi connectivity index (χ1v) is 6.66. The molecule has 0 amide bonds. The summed E-state index contributed by atoms with van der Waals surface area (Å²) in [5, 5.41) is 13.8. The summed E-state index contributed by atoms with van der Waals surface area (Å²) in [7, 11) is 0. The number of carbonyl (C=O) groups excluding carboxylic acids is 2. The molecule has 0 bridgehead atoms. The Balaban J connectivity index is 0.00000400. The van der Waals surface area contributed by atoms with Crippen molar-refractivity contribution in [2.75, 3.05) is 13.2 Å². The predicted molar refractivity (Wildman–Crippen MR) is 73.4 cm³/mol. The van der Waals surface area contributed by atoms with Crippen molar-refractivity contribution < 1.29 is 49.0 Å². The summed E-state index contributed by atoms with van der Waals surface area (Å²) in [5.41, 5.74) is 2.61. The Hall–Kier alpha value is -1.04. The third kappa shape index (κ3) is 8.09. The number of aliphatic carboxylic acids is 1. The zero-order valence-corrected chi connectivity index (χ0v) is 14.9. The van der Waals surface area contributed by atoms with Gasteiger partial charge in [-0.05, 0) is 32.3 Å². The van der Waals surface area contributed by atoms with Gasteiger partial charge in [0, 0.05) is 30.7 Å². The third-order valence-corrected chi connectivity index (χ3v) is 2.95. The fourth-order valence-electron chi connectivity index (χ4n) is 1.97. The summed E-state index contributed by atoms with van der Waals surface area (Å²) in [6.45, 7) is 4.39. The molecule has 0 heterocycles. The zero-order valence-electron chi connectivity index (χ0n) is 12.9. The first-order chi connectivity index (χ1) is 9.52. The molecule has 0 aromatic heterocycles. The number of carbonyl (C=O) groups is 2. The maximum atomic E-state index is 11.3. The summed E-state index contributed by atoms with van der Waals surface area (Å²) in [4.78, 5) is 22.0. The second kappa shape index (κ2) is 10.7. The van der Waals surface area contributed by atoms with E-state index in [1.807, 2.05) is 12.2 Å². The van der Waals surface area contributed by atoms with E-state index in [0.717, 1.165) is 17.6 Å². The van der Waals surface area contributed by atoms with Gasteiger partial charge in [0.05, 0.1) is 6.61 Å². The molecule has 0 radical (unpaired) electrons. The zero-order chi connectivity index (χ0) is 15.0. The molecule has 1 aliphatic rings. The van der Waals surface area contributed by atoms with E-state index < -0.39 is 5.97 Å². The smallest absolute Gasteiger partial charge is 0.550 e. The minimum Gasteiger partial charge on any atom is -0.550 e. The fraction of sp³-hybridized carbons (Fsp3) is 0.467. The van der Waals surface area contributed by atoms with Crippen molar-refractivity contribution in [3.63, 3.8) is 0 Å². The van der Waals surface area contributed by atoms with E-state index in [-0.39, 0.29) is 41.9 Å². The number of carboxylic acid groups (broad SMARTS) is 1. The molecule has 1 aliphatic carbocycles. The van der Waals surface area contributed by atoms with Crippen molar-refractivity contribution in [3.05, 3.63) is 35.1 Å². The molecule has 0 spiro atoms. The van der Waals surface area contributed by atoms with Gasteiger partial charge in [0.1, 0.15) is 0 Å². The Morgan fingerprint density at radius 1 is 1.33 bits per heavy atom. The number of hydrogen-bond donors (Lipinski definition) is 1. The topological polar surface area (TPSA) is 78.5 Å². The molecule has 1 rings (SSSR count). The number of ether oxygens (including phenoxy) is 1. The number of rotatable bonds is 7. The average Bonchev–Trinajstić information content (AvgIpc) is 2.37. The van der Waals surface area contributed by atoms with Crippen LogP contribution < -0.4 is 40.0 Å². The van der Waals surface area contributed by atoms with Crippen LogP contribution in [0.3, 0.4) is 0 Å². The molecule has 5 nitrogen and oxygen atoms in total. The van der Waals surface area contributed by atoms with Crippen LogP contribution in [0.1, 0.15) is 33.1 Å². The number of nitrogens with one attached hydrogen (secondary N) is 1. The second-order valence-corrected chi connectivity index (χ2v) is 4.57. The van der Waals surface area contributed by atoms with Crippen LogP contribution in [0.25, 0.3) is 0 Å². The molecular formula is C15H20NNaO4. The van der Waals surface area contributed by atoms with E-state index in [1.165, 1.54) is 6.08 Å². The minimum atomic E-state index is -1.06. The van der Waals surface area contributed by atoms with E-state index in [4.69, 9.17) is 4.74 Å². The molecular weight excluding hydrogens is 281 g/mol. The van der Waals surface area contributed by atoms with Gasteiger partial charge >= 0.3 is 35.5 Å². The van der Waals surface area contributed by atoms with Crippen molar-refractivity contribution in [1.29, 1.82) is 0 Å². The van der Waals surface area contributed by atoms with E-state index in [0.29, 0.717) is 25.3 Å². The standard InChI is InChI=1S/C15H21NO4.Na/c1-3-20-15(19)8-11(2)16-10-13-7-5-4-6-12(13)9-14(17)18;/h4-5,8,16H,3,6-7,9-10H2,1-2H3,(H,17,18);/q;+1/p-1. The first kappa shape index (κ1) is 20.0. The quantitative estimate of drug-likeness (QED) is 0.251. The Bertz CT molecular complexity index is 466. The first-order valence-electron chi connectivity index (χ1n) is 6.66. The summed E-state index contributed by atoms with van der Waals surface area (Å²) < 4.78 is 4.81. The van der Waals surface area contributed by atoms with Gasteiger partial charge in [-0.3, -0.25) is 0 Å². The molecule has 0 saturated carbocycles. The number of allylic oxidation sites excluding steroid dienone is 3. The van der Waals surface area contributed by atoms with Crippen molar-refractivity contribution in [2.45, 2.75) is 33.1 Å². The molecule has 0 aromatic carbocycles. The third-order valence-electron chi connectivity index (χ3n) is 2.95. The molecule has 0 fully saturated rings. The maximum absolute atomic E-state index is 11.3. The van der Waals surface area contributed by atoms with Crippen molar-refractivity contribution in [1.82, 2.24) is 5.32 Å². The van der Waals surface area contributed by atoms with Crippen molar-refractivity contribution in [2.24, 2.45) is 0 Å². The fourth-order valence-corrected chi connectivity index (χ4v) is 1.97. The monoisotopic (exact) mass is 301 g/mol. The van der Waals surface area contributed by atoms with Crippen LogP contribution in [0.2, 0.25) is 0 Å². The SMILES string of the molecule is CCOC(=O)C=C(C)NCC1=C(CC(=O)[O-])CC=CC1.[Na+]. The second-order valence-electron chi connectivity index (χ2n) is 4.57. The van der Waals surface area contributed by atoms with Crippen LogP contribution in [0.4, 0.5) is 0 Å². The Kier molecular flexibility index (Phi) is 10.1. The predicted octanol–water partition coefficient (Wildman–Crippen LogP) is -2.17. The number of hydrogen-bond acceptors (Lipinski definition) is 5. The molecule has 0 saturated heterocycles. The van der Waals surface area contributed by atoms with Crippen LogP contribution in [-0.4, -0.2) is 25.1 Å². The van der Waals surface area contributed by atoms with Gasteiger partial charge in [0.25, 0.3) is 0 Å². The Morgan fingerprint density at radius 2 is 1.95 bits per heavy atom. The van der Waals surface area contributed by atoms with Crippen molar-refractivity contribution in [3.8, 4) is 0 Å². The van der Waals surface area contributed by atoms with Gasteiger partial charge in [-0.2, -0.15) is 0 Å². The van der Waals surface area contributed by atoms with Crippen LogP contribution in [-0.2, 0) is 14.3 Å². The molecule has 1 N–H and O–H groups in total. The minimum absolute atomic E-state index is 0. The van der Waals surface area contributed by atoms with Crippen LogP contribution in [0.15, 0.2) is 35.1 Å². The van der Waals surface area contributed by atoms with E-state index >= 15 is 0 Å². The van der Waals surface area contributed by atoms with E-state index in [2.05, 4.69) is 5.32 Å². The van der Waals surface area contributed by atoms with Gasteiger partial charge in [-0.15, -0.1) is 0 Å². The largest absolute Gasteiger partial charge is 1.00 e. The maximum Gasteiger partial charge on any atom is 1.00 e. The molecule has 110 valence electrons. The van der Waals surface area contributed by atoms with Gasteiger partial charge in [0.15, 0.2) is 0 Å². The number of carboxylic acids is 1. The normalized spacial score (nSPS) is 14.5. The summed E-state index contributed by atoms with van der Waals surface area (Å²) in [5.74, 6) is -1.45. The summed E-state index contributed by atoms with van der Waals surface area (Å²) in [6.07, 6.45) is 6.69. The average molecular weight is 301 g/mol.